The molecule has 1 saturated heterocycles. The summed E-state index contributed by atoms with van der Waals surface area (Å²) in [6, 6.07) is -0.478. The number of carbonyl (C=O) groups is 2. The number of ether oxygens (including phenoxy) is 1. The molecule has 7 heteroatoms. The van der Waals surface area contributed by atoms with E-state index in [2.05, 4.69) is 10.6 Å². The summed E-state index contributed by atoms with van der Waals surface area (Å²) >= 11 is 0. The van der Waals surface area contributed by atoms with Gasteiger partial charge in [-0.2, -0.15) is 0 Å². The number of hydrogen-bond donors (Lipinski definition) is 3. The van der Waals surface area contributed by atoms with Crippen molar-refractivity contribution in [3.05, 3.63) is 0 Å². The second-order valence-corrected chi connectivity index (χ2v) is 4.31. The van der Waals surface area contributed by atoms with Crippen molar-refractivity contribution in [2.45, 2.75) is 19.4 Å². The van der Waals surface area contributed by atoms with Crippen LogP contribution >= 0.6 is 0 Å². The average molecular weight is 273 g/mol. The van der Waals surface area contributed by atoms with E-state index in [4.69, 9.17) is 9.84 Å². The molecule has 0 spiro atoms. The molecule has 2 amide bonds. The highest BCUT2D eigenvalue weighted by Crippen LogP contribution is 2.05. The zero-order valence-electron chi connectivity index (χ0n) is 11.4. The van der Waals surface area contributed by atoms with Gasteiger partial charge in [-0.15, -0.1) is 0 Å². The predicted octanol–water partition coefficient (Wildman–Crippen LogP) is -1.68. The van der Waals surface area contributed by atoms with Crippen molar-refractivity contribution in [1.29, 1.82) is 0 Å². The minimum absolute atomic E-state index is 0.0647. The molecule has 0 aromatic rings. The summed E-state index contributed by atoms with van der Waals surface area (Å²) in [7, 11) is 0. The van der Waals surface area contributed by atoms with E-state index < -0.39 is 6.04 Å². The fourth-order valence-corrected chi connectivity index (χ4v) is 1.95. The van der Waals surface area contributed by atoms with Crippen LogP contribution in [-0.4, -0.2) is 73.9 Å². The van der Waals surface area contributed by atoms with Crippen molar-refractivity contribution in [2.24, 2.45) is 0 Å². The second-order valence-electron chi connectivity index (χ2n) is 4.31. The van der Waals surface area contributed by atoms with Crippen LogP contribution in [0.25, 0.3) is 0 Å². The van der Waals surface area contributed by atoms with Gasteiger partial charge in [-0.1, -0.05) is 0 Å². The van der Waals surface area contributed by atoms with E-state index >= 15 is 0 Å². The molecule has 1 rings (SSSR count). The summed E-state index contributed by atoms with van der Waals surface area (Å²) in [5, 5.41) is 14.2. The standard InChI is InChI=1S/C12H23N3O4/c1-2-19-8-6-15-5-3-13-10(12(15)18)9-11(17)14-4-7-16/h10,13,16H,2-9H2,1H3,(H,14,17). The molecule has 1 fully saturated rings. The highest BCUT2D eigenvalue weighted by Gasteiger charge is 2.29. The fourth-order valence-electron chi connectivity index (χ4n) is 1.95. The summed E-state index contributed by atoms with van der Waals surface area (Å²) in [4.78, 5) is 25.4. The Labute approximate surface area is 113 Å². The van der Waals surface area contributed by atoms with Gasteiger partial charge < -0.3 is 25.4 Å². The number of piperazine rings is 1. The van der Waals surface area contributed by atoms with E-state index in [0.29, 0.717) is 32.8 Å². The molecule has 0 aromatic carbocycles. The Morgan fingerprint density at radius 2 is 2.42 bits per heavy atom. The first-order valence-corrected chi connectivity index (χ1v) is 6.66. The first kappa shape index (κ1) is 15.9. The van der Waals surface area contributed by atoms with Gasteiger partial charge in [-0.25, -0.2) is 0 Å². The molecule has 7 nitrogen and oxygen atoms in total. The van der Waals surface area contributed by atoms with Crippen LogP contribution in [0.3, 0.4) is 0 Å². The van der Waals surface area contributed by atoms with Crippen LogP contribution in [0.4, 0.5) is 0 Å². The normalized spacial score (nSPS) is 19.6. The molecular weight excluding hydrogens is 250 g/mol. The molecule has 1 aliphatic rings. The zero-order valence-corrected chi connectivity index (χ0v) is 11.4. The molecule has 0 aliphatic carbocycles. The minimum atomic E-state index is -0.478. The van der Waals surface area contributed by atoms with Gasteiger partial charge in [0, 0.05) is 32.8 Å². The van der Waals surface area contributed by atoms with Gasteiger partial charge in [0.2, 0.25) is 11.8 Å². The van der Waals surface area contributed by atoms with Gasteiger partial charge in [0.25, 0.3) is 0 Å². The predicted molar refractivity (Wildman–Crippen MR) is 69.6 cm³/mol. The summed E-state index contributed by atoms with van der Waals surface area (Å²) in [5.74, 6) is -0.295. The topological polar surface area (TPSA) is 90.9 Å². The quantitative estimate of drug-likeness (QED) is 0.460. The van der Waals surface area contributed by atoms with Crippen LogP contribution in [0.5, 0.6) is 0 Å². The average Bonchev–Trinajstić information content (AvgIpc) is 2.41. The van der Waals surface area contributed by atoms with Crippen LogP contribution in [-0.2, 0) is 14.3 Å². The molecule has 3 N–H and O–H groups in total. The first-order valence-electron chi connectivity index (χ1n) is 6.66. The number of amides is 2. The zero-order chi connectivity index (χ0) is 14.1. The van der Waals surface area contributed by atoms with Crippen LogP contribution < -0.4 is 10.6 Å². The Morgan fingerprint density at radius 3 is 3.11 bits per heavy atom. The molecule has 0 bridgehead atoms. The second kappa shape index (κ2) is 8.84. The number of nitrogens with one attached hydrogen (secondary N) is 2. The first-order chi connectivity index (χ1) is 9.19. The Morgan fingerprint density at radius 1 is 1.63 bits per heavy atom. The van der Waals surface area contributed by atoms with E-state index in [1.165, 1.54) is 0 Å². The number of carbonyl (C=O) groups excluding carboxylic acids is 2. The van der Waals surface area contributed by atoms with Crippen LogP contribution in [0.1, 0.15) is 13.3 Å². The van der Waals surface area contributed by atoms with E-state index in [1.807, 2.05) is 6.92 Å². The third-order valence-electron chi connectivity index (χ3n) is 2.92. The van der Waals surface area contributed by atoms with Gasteiger partial charge in [0.15, 0.2) is 0 Å². The van der Waals surface area contributed by atoms with E-state index in [1.54, 1.807) is 4.90 Å². The highest BCUT2D eigenvalue weighted by atomic mass is 16.5. The van der Waals surface area contributed by atoms with Crippen molar-refractivity contribution < 1.29 is 19.4 Å². The van der Waals surface area contributed by atoms with Gasteiger partial charge in [0.05, 0.1) is 25.7 Å². The highest BCUT2D eigenvalue weighted by molar-refractivity contribution is 5.88. The molecule has 0 radical (unpaired) electrons. The molecule has 1 heterocycles. The lowest BCUT2D eigenvalue weighted by Gasteiger charge is -2.32. The van der Waals surface area contributed by atoms with Crippen molar-refractivity contribution in [3.8, 4) is 0 Å². The molecule has 0 saturated carbocycles. The number of aliphatic hydroxyl groups is 1. The lowest BCUT2D eigenvalue weighted by molar-refractivity contribution is -0.138. The van der Waals surface area contributed by atoms with Crippen molar-refractivity contribution >= 4 is 11.8 Å². The smallest absolute Gasteiger partial charge is 0.240 e. The SMILES string of the molecule is CCOCCN1CCNC(CC(=O)NCCO)C1=O. The minimum Gasteiger partial charge on any atom is -0.395 e. The Balaban J connectivity index is 2.37. The molecule has 1 unspecified atom stereocenters. The number of aliphatic hydroxyl groups excluding tert-OH is 1. The number of nitrogens with zero attached hydrogens (tertiary/aromatic N) is 1. The summed E-state index contributed by atoms with van der Waals surface area (Å²) < 4.78 is 5.23. The summed E-state index contributed by atoms with van der Waals surface area (Å²) in [5.41, 5.74) is 0. The van der Waals surface area contributed by atoms with Crippen molar-refractivity contribution in [3.63, 3.8) is 0 Å². The Hall–Kier alpha value is -1.18. The lowest BCUT2D eigenvalue weighted by Crippen LogP contribution is -2.56. The van der Waals surface area contributed by atoms with Crippen molar-refractivity contribution in [1.82, 2.24) is 15.5 Å². The number of rotatable bonds is 8. The van der Waals surface area contributed by atoms with Gasteiger partial charge in [0.1, 0.15) is 0 Å². The van der Waals surface area contributed by atoms with Crippen molar-refractivity contribution in [2.75, 3.05) is 46.0 Å². The summed E-state index contributed by atoms with van der Waals surface area (Å²) in [6.07, 6.45) is 0.101. The van der Waals surface area contributed by atoms with Crippen LogP contribution in [0, 0.1) is 0 Å². The van der Waals surface area contributed by atoms with E-state index in [-0.39, 0.29) is 31.4 Å². The van der Waals surface area contributed by atoms with Gasteiger partial charge >= 0.3 is 0 Å². The largest absolute Gasteiger partial charge is 0.395 e. The maximum absolute atomic E-state index is 12.1. The molecule has 19 heavy (non-hydrogen) atoms. The third-order valence-corrected chi connectivity index (χ3v) is 2.92. The van der Waals surface area contributed by atoms with E-state index in [0.717, 1.165) is 0 Å². The van der Waals surface area contributed by atoms with Gasteiger partial charge in [-0.3, -0.25) is 9.59 Å². The fraction of sp³-hybridized carbons (Fsp3) is 0.833. The molecule has 1 aliphatic heterocycles. The molecular formula is C12H23N3O4. The third kappa shape index (κ3) is 5.54. The maximum Gasteiger partial charge on any atom is 0.240 e. The molecule has 0 aromatic heterocycles. The maximum atomic E-state index is 12.1. The Kier molecular flexibility index (Phi) is 7.39. The van der Waals surface area contributed by atoms with Crippen LogP contribution in [0.15, 0.2) is 0 Å². The van der Waals surface area contributed by atoms with Crippen LogP contribution in [0.2, 0.25) is 0 Å². The number of hydrogen-bond acceptors (Lipinski definition) is 5. The monoisotopic (exact) mass is 273 g/mol. The molecule has 1 atom stereocenters. The van der Waals surface area contributed by atoms with Gasteiger partial charge in [-0.05, 0) is 6.92 Å². The lowest BCUT2D eigenvalue weighted by atomic mass is 10.1. The Bertz CT molecular complexity index is 299. The summed E-state index contributed by atoms with van der Waals surface area (Å²) in [6.45, 7) is 5.05. The van der Waals surface area contributed by atoms with E-state index in [9.17, 15) is 9.59 Å². The molecule has 110 valence electrons.